The fourth-order valence-electron chi connectivity index (χ4n) is 3.17. The third-order valence-corrected chi connectivity index (χ3v) is 6.00. The molecule has 136 valence electrons. The van der Waals surface area contributed by atoms with Crippen LogP contribution in [0.4, 0.5) is 10.8 Å². The lowest BCUT2D eigenvalue weighted by atomic mass is 9.95. The Morgan fingerprint density at radius 1 is 1.19 bits per heavy atom. The summed E-state index contributed by atoms with van der Waals surface area (Å²) in [6.45, 7) is 8.57. The van der Waals surface area contributed by atoms with Crippen LogP contribution in [-0.4, -0.2) is 17.4 Å². The number of nitrogens with one attached hydrogen (secondary N) is 2. The summed E-state index contributed by atoms with van der Waals surface area (Å²) < 4.78 is 0. The fraction of sp³-hybridized carbons (Fsp3) is 0.300. The van der Waals surface area contributed by atoms with Gasteiger partial charge in [0.1, 0.15) is 0 Å². The lowest BCUT2D eigenvalue weighted by Gasteiger charge is -2.16. The zero-order valence-corrected chi connectivity index (χ0v) is 17.1. The van der Waals surface area contributed by atoms with Crippen LogP contribution < -0.4 is 10.6 Å². The van der Waals surface area contributed by atoms with Crippen molar-refractivity contribution in [2.45, 2.75) is 34.1 Å². The minimum absolute atomic E-state index is 0.0554. The highest BCUT2D eigenvalue weighted by Gasteiger charge is 2.16. The number of hydrogen-bond donors (Lipinski definition) is 2. The number of anilines is 2. The van der Waals surface area contributed by atoms with Crippen molar-refractivity contribution >= 4 is 39.4 Å². The van der Waals surface area contributed by atoms with Crippen LogP contribution >= 0.6 is 22.7 Å². The highest BCUT2D eigenvalue weighted by Crippen LogP contribution is 2.35. The molecular formula is C20H23N3OS2. The summed E-state index contributed by atoms with van der Waals surface area (Å²) in [6, 6.07) is 6.34. The maximum absolute atomic E-state index is 11.5. The molecule has 0 aliphatic heterocycles. The highest BCUT2D eigenvalue weighted by atomic mass is 32.1. The van der Waals surface area contributed by atoms with Gasteiger partial charge in [-0.15, -0.1) is 22.7 Å². The van der Waals surface area contributed by atoms with Crippen LogP contribution in [0.5, 0.6) is 0 Å². The van der Waals surface area contributed by atoms with Gasteiger partial charge in [0.05, 0.1) is 5.69 Å². The molecule has 0 radical (unpaired) electrons. The largest absolute Gasteiger partial charge is 0.361 e. The number of thiophene rings is 1. The monoisotopic (exact) mass is 385 g/mol. The molecule has 26 heavy (non-hydrogen) atoms. The molecule has 0 aliphatic carbocycles. The summed E-state index contributed by atoms with van der Waals surface area (Å²) in [5.74, 6) is -0.0554. The van der Waals surface area contributed by atoms with Crippen molar-refractivity contribution in [3.05, 3.63) is 50.5 Å². The van der Waals surface area contributed by atoms with Crippen LogP contribution in [0.2, 0.25) is 0 Å². The molecule has 0 saturated carbocycles. The zero-order valence-electron chi connectivity index (χ0n) is 15.5. The van der Waals surface area contributed by atoms with Crippen molar-refractivity contribution in [3.63, 3.8) is 0 Å². The Kier molecular flexibility index (Phi) is 5.74. The Balaban J connectivity index is 1.80. The molecule has 0 unspecified atom stereocenters. The van der Waals surface area contributed by atoms with Crippen molar-refractivity contribution in [1.82, 2.24) is 4.98 Å². The van der Waals surface area contributed by atoms with Crippen LogP contribution in [0, 0.1) is 20.8 Å². The van der Waals surface area contributed by atoms with Crippen molar-refractivity contribution in [2.24, 2.45) is 0 Å². The van der Waals surface area contributed by atoms with E-state index in [4.69, 9.17) is 4.98 Å². The quantitative estimate of drug-likeness (QED) is 0.596. The first kappa shape index (κ1) is 18.6. The average molecular weight is 386 g/mol. The second-order valence-corrected chi connectivity index (χ2v) is 8.25. The van der Waals surface area contributed by atoms with Gasteiger partial charge in [-0.3, -0.25) is 4.79 Å². The molecule has 0 fully saturated rings. The number of benzene rings is 1. The number of nitrogens with zero attached hydrogens (tertiary/aromatic N) is 1. The molecule has 1 aromatic carbocycles. The van der Waals surface area contributed by atoms with Crippen molar-refractivity contribution in [1.29, 1.82) is 0 Å². The van der Waals surface area contributed by atoms with Crippen LogP contribution in [0.15, 0.2) is 29.0 Å². The first-order valence-corrected chi connectivity index (χ1v) is 10.3. The van der Waals surface area contributed by atoms with Gasteiger partial charge in [0.2, 0.25) is 5.91 Å². The molecule has 0 aliphatic rings. The molecule has 3 rings (SSSR count). The third kappa shape index (κ3) is 4.14. The Bertz CT molecular complexity index is 914. The van der Waals surface area contributed by atoms with Crippen molar-refractivity contribution in [2.75, 3.05) is 17.2 Å². The first-order valence-electron chi connectivity index (χ1n) is 8.56. The molecular weight excluding hydrogens is 362 g/mol. The van der Waals surface area contributed by atoms with Gasteiger partial charge >= 0.3 is 0 Å². The predicted octanol–water partition coefficient (Wildman–Crippen LogP) is 5.41. The molecule has 2 heterocycles. The molecule has 0 atom stereocenters. The van der Waals surface area contributed by atoms with E-state index < -0.39 is 0 Å². The van der Waals surface area contributed by atoms with Crippen molar-refractivity contribution in [3.8, 4) is 11.3 Å². The third-order valence-electron chi connectivity index (χ3n) is 4.26. The van der Waals surface area contributed by atoms with Gasteiger partial charge in [0.25, 0.3) is 0 Å². The second kappa shape index (κ2) is 8.01. The minimum atomic E-state index is -0.0554. The van der Waals surface area contributed by atoms with E-state index in [1.54, 1.807) is 22.7 Å². The first-order chi connectivity index (χ1) is 12.5. The van der Waals surface area contributed by atoms with E-state index in [9.17, 15) is 4.79 Å². The highest BCUT2D eigenvalue weighted by molar-refractivity contribution is 7.14. The molecule has 1 amide bonds. The van der Waals surface area contributed by atoms with Gasteiger partial charge in [0.15, 0.2) is 5.13 Å². The Labute approximate surface area is 162 Å². The van der Waals surface area contributed by atoms with E-state index >= 15 is 0 Å². The molecule has 0 saturated heterocycles. The number of rotatable bonds is 6. The fourth-order valence-corrected chi connectivity index (χ4v) is 4.60. The maximum atomic E-state index is 11.5. The van der Waals surface area contributed by atoms with E-state index in [1.165, 1.54) is 17.4 Å². The van der Waals surface area contributed by atoms with E-state index in [0.717, 1.165) is 46.2 Å². The van der Waals surface area contributed by atoms with Crippen molar-refractivity contribution < 1.29 is 4.79 Å². The summed E-state index contributed by atoms with van der Waals surface area (Å²) in [6.07, 6.45) is 1.00. The standard InChI is InChI=1S/C20H23N3OS2/c1-12-10-13(2)19(22-15(4)24)14(3)18(12)17-11-26-20(23-17)21-8-7-16-6-5-9-25-16/h5-6,9-11H,7-8H2,1-4H3,(H,21,23)(H,22,24). The lowest BCUT2D eigenvalue weighted by molar-refractivity contribution is -0.114. The molecule has 0 spiro atoms. The number of aryl methyl sites for hydroxylation is 2. The van der Waals surface area contributed by atoms with Crippen LogP contribution in [0.1, 0.15) is 28.5 Å². The van der Waals surface area contributed by atoms with E-state index in [2.05, 4.69) is 46.5 Å². The topological polar surface area (TPSA) is 54.0 Å². The number of carbonyl (C=O) groups excluding carboxylic acids is 1. The molecule has 2 N–H and O–H groups in total. The number of hydrogen-bond acceptors (Lipinski definition) is 5. The smallest absolute Gasteiger partial charge is 0.221 e. The summed E-state index contributed by atoms with van der Waals surface area (Å²) in [5, 5.41) is 11.5. The van der Waals surface area contributed by atoms with Crippen LogP contribution in [0.3, 0.4) is 0 Å². The molecule has 4 nitrogen and oxygen atoms in total. The lowest BCUT2D eigenvalue weighted by Crippen LogP contribution is -2.10. The zero-order chi connectivity index (χ0) is 18.7. The minimum Gasteiger partial charge on any atom is -0.361 e. The van der Waals surface area contributed by atoms with Gasteiger partial charge < -0.3 is 10.6 Å². The van der Waals surface area contributed by atoms with E-state index in [0.29, 0.717) is 0 Å². The van der Waals surface area contributed by atoms with Gasteiger partial charge in [-0.2, -0.15) is 0 Å². The molecule has 2 aromatic heterocycles. The van der Waals surface area contributed by atoms with Gasteiger partial charge in [0, 0.05) is 35.0 Å². The summed E-state index contributed by atoms with van der Waals surface area (Å²) in [7, 11) is 0. The normalized spacial score (nSPS) is 10.8. The molecule has 6 heteroatoms. The number of carbonyl (C=O) groups is 1. The Hall–Kier alpha value is -2.18. The van der Waals surface area contributed by atoms with Gasteiger partial charge in [-0.25, -0.2) is 4.98 Å². The number of aromatic nitrogens is 1. The van der Waals surface area contributed by atoms with Gasteiger partial charge in [-0.1, -0.05) is 12.1 Å². The molecule has 3 aromatic rings. The maximum Gasteiger partial charge on any atom is 0.221 e. The second-order valence-electron chi connectivity index (χ2n) is 6.36. The van der Waals surface area contributed by atoms with E-state index in [1.807, 2.05) is 13.8 Å². The average Bonchev–Trinajstić information content (AvgIpc) is 3.23. The number of amides is 1. The van der Waals surface area contributed by atoms with Crippen LogP contribution in [-0.2, 0) is 11.2 Å². The summed E-state index contributed by atoms with van der Waals surface area (Å²) >= 11 is 3.40. The van der Waals surface area contributed by atoms with E-state index in [-0.39, 0.29) is 5.91 Å². The number of thiazole rings is 1. The predicted molar refractivity (Wildman–Crippen MR) is 113 cm³/mol. The Morgan fingerprint density at radius 3 is 2.69 bits per heavy atom. The molecule has 0 bridgehead atoms. The SMILES string of the molecule is CC(=O)Nc1c(C)cc(C)c(-c2csc(NCCc3cccs3)n2)c1C. The summed E-state index contributed by atoms with van der Waals surface area (Å²) in [5.41, 5.74) is 6.25. The summed E-state index contributed by atoms with van der Waals surface area (Å²) in [4.78, 5) is 17.7. The van der Waals surface area contributed by atoms with Crippen LogP contribution in [0.25, 0.3) is 11.3 Å². The van der Waals surface area contributed by atoms with Gasteiger partial charge in [-0.05, 0) is 55.3 Å². The Morgan fingerprint density at radius 2 is 2.00 bits per heavy atom.